The first kappa shape index (κ1) is 17.1. The summed E-state index contributed by atoms with van der Waals surface area (Å²) >= 11 is 7.49. The van der Waals surface area contributed by atoms with Crippen LogP contribution in [0.2, 0.25) is 0 Å². The van der Waals surface area contributed by atoms with E-state index >= 15 is 0 Å². The van der Waals surface area contributed by atoms with Crippen LogP contribution in [-0.2, 0) is 10.0 Å². The Morgan fingerprint density at radius 2 is 1.77 bits per heavy atom. The summed E-state index contributed by atoms with van der Waals surface area (Å²) in [5.41, 5.74) is 2.67. The molecule has 8 heteroatoms. The van der Waals surface area contributed by atoms with E-state index < -0.39 is 10.0 Å². The van der Waals surface area contributed by atoms with E-state index in [-0.39, 0.29) is 4.90 Å². The summed E-state index contributed by atoms with van der Waals surface area (Å²) in [7, 11) is -3.68. The molecule has 0 aliphatic heterocycles. The molecule has 4 N–H and O–H groups in total. The molecule has 0 amide bonds. The standard InChI is InChI=1S/C14H14IN3O2S2/c1-9-2-3-10(15)8-13(9)18-14(21)17-11-4-6-12(7-5-11)22(16,19)20/h2-8H,1H3,(H2,16,19,20)(H2,17,18,21). The van der Waals surface area contributed by atoms with E-state index in [1.165, 1.54) is 12.1 Å². The molecule has 22 heavy (non-hydrogen) atoms. The van der Waals surface area contributed by atoms with Crippen LogP contribution in [0.25, 0.3) is 0 Å². The zero-order valence-corrected chi connectivity index (χ0v) is 15.4. The average molecular weight is 447 g/mol. The number of anilines is 2. The van der Waals surface area contributed by atoms with E-state index in [2.05, 4.69) is 33.2 Å². The maximum Gasteiger partial charge on any atom is 0.238 e. The molecule has 0 spiro atoms. The van der Waals surface area contributed by atoms with E-state index in [1.807, 2.05) is 25.1 Å². The normalized spacial score (nSPS) is 11.0. The Kier molecular flexibility index (Phi) is 5.37. The predicted octanol–water partition coefficient (Wildman–Crippen LogP) is 3.06. The smallest absolute Gasteiger partial charge is 0.238 e. The van der Waals surface area contributed by atoms with Gasteiger partial charge in [0.25, 0.3) is 0 Å². The molecule has 0 atom stereocenters. The first-order valence-electron chi connectivity index (χ1n) is 6.23. The minimum atomic E-state index is -3.68. The molecule has 0 unspecified atom stereocenters. The highest BCUT2D eigenvalue weighted by Gasteiger charge is 2.07. The van der Waals surface area contributed by atoms with Crippen molar-refractivity contribution >= 4 is 61.3 Å². The van der Waals surface area contributed by atoms with Gasteiger partial charge in [-0.05, 0) is 83.7 Å². The fourth-order valence-electron chi connectivity index (χ4n) is 1.74. The lowest BCUT2D eigenvalue weighted by atomic mass is 10.2. The lowest BCUT2D eigenvalue weighted by molar-refractivity contribution is 0.598. The summed E-state index contributed by atoms with van der Waals surface area (Å²) in [5.74, 6) is 0. The van der Waals surface area contributed by atoms with E-state index in [0.717, 1.165) is 14.8 Å². The summed E-state index contributed by atoms with van der Waals surface area (Å²) in [4.78, 5) is 0.0605. The second-order valence-corrected chi connectivity index (χ2v) is 7.82. The van der Waals surface area contributed by atoms with Crippen LogP contribution in [0, 0.1) is 10.5 Å². The Bertz CT molecular complexity index is 805. The topological polar surface area (TPSA) is 84.2 Å². The van der Waals surface area contributed by atoms with E-state index in [9.17, 15) is 8.42 Å². The molecule has 2 rings (SSSR count). The molecule has 0 saturated heterocycles. The molecule has 0 aromatic heterocycles. The molecule has 0 aliphatic rings. The molecule has 0 radical (unpaired) electrons. The number of rotatable bonds is 3. The number of sulfonamides is 1. The Balaban J connectivity index is 2.07. The fourth-order valence-corrected chi connectivity index (χ4v) is 2.98. The lowest BCUT2D eigenvalue weighted by Crippen LogP contribution is -2.20. The summed E-state index contributed by atoms with van der Waals surface area (Å²) in [6.45, 7) is 1.99. The molecule has 5 nitrogen and oxygen atoms in total. The number of thiocarbonyl (C=S) groups is 1. The third-order valence-electron chi connectivity index (χ3n) is 2.89. The molecule has 0 bridgehead atoms. The SMILES string of the molecule is Cc1ccc(I)cc1NC(=S)Nc1ccc(S(N)(=O)=O)cc1. The van der Waals surface area contributed by atoms with Crippen molar-refractivity contribution in [3.8, 4) is 0 Å². The van der Waals surface area contributed by atoms with Crippen LogP contribution in [0.4, 0.5) is 11.4 Å². The van der Waals surface area contributed by atoms with Crippen molar-refractivity contribution in [1.82, 2.24) is 0 Å². The molecular formula is C14H14IN3O2S2. The minimum absolute atomic E-state index is 0.0605. The molecule has 0 fully saturated rings. The molecule has 116 valence electrons. The van der Waals surface area contributed by atoms with Crippen molar-refractivity contribution in [3.05, 3.63) is 51.6 Å². The molecular weight excluding hydrogens is 433 g/mol. The van der Waals surface area contributed by atoms with Gasteiger partial charge in [-0.3, -0.25) is 0 Å². The van der Waals surface area contributed by atoms with Gasteiger partial charge < -0.3 is 10.6 Å². The van der Waals surface area contributed by atoms with Gasteiger partial charge in [0.15, 0.2) is 5.11 Å². The van der Waals surface area contributed by atoms with E-state index in [0.29, 0.717) is 10.8 Å². The van der Waals surface area contributed by atoms with Gasteiger partial charge in [0, 0.05) is 14.9 Å². The number of primary sulfonamides is 1. The summed E-state index contributed by atoms with van der Waals surface area (Å²) in [5, 5.41) is 11.6. The van der Waals surface area contributed by atoms with Crippen molar-refractivity contribution < 1.29 is 8.42 Å². The Labute approximate surface area is 148 Å². The first-order valence-corrected chi connectivity index (χ1v) is 9.26. The van der Waals surface area contributed by atoms with Gasteiger partial charge in [-0.15, -0.1) is 0 Å². The van der Waals surface area contributed by atoms with Crippen molar-refractivity contribution in [3.63, 3.8) is 0 Å². The largest absolute Gasteiger partial charge is 0.332 e. The first-order chi connectivity index (χ1) is 10.3. The monoisotopic (exact) mass is 447 g/mol. The fraction of sp³-hybridized carbons (Fsp3) is 0.0714. The number of aryl methyl sites for hydroxylation is 1. The average Bonchev–Trinajstić information content (AvgIpc) is 2.42. The van der Waals surface area contributed by atoms with Crippen LogP contribution in [0.15, 0.2) is 47.4 Å². The third kappa shape index (κ3) is 4.63. The van der Waals surface area contributed by atoms with Gasteiger partial charge in [-0.25, -0.2) is 13.6 Å². The zero-order valence-electron chi connectivity index (χ0n) is 11.6. The second-order valence-electron chi connectivity index (χ2n) is 4.61. The molecule has 0 heterocycles. The maximum absolute atomic E-state index is 11.2. The van der Waals surface area contributed by atoms with Gasteiger partial charge in [0.2, 0.25) is 10.0 Å². The second kappa shape index (κ2) is 6.90. The Morgan fingerprint density at radius 1 is 1.14 bits per heavy atom. The van der Waals surface area contributed by atoms with Crippen LogP contribution in [-0.4, -0.2) is 13.5 Å². The number of hydrogen-bond acceptors (Lipinski definition) is 3. The van der Waals surface area contributed by atoms with Gasteiger partial charge >= 0.3 is 0 Å². The quantitative estimate of drug-likeness (QED) is 0.498. The molecule has 2 aromatic carbocycles. The zero-order chi connectivity index (χ0) is 16.3. The number of benzene rings is 2. The summed E-state index contributed by atoms with van der Waals surface area (Å²) < 4.78 is 23.5. The predicted molar refractivity (Wildman–Crippen MR) is 102 cm³/mol. The van der Waals surface area contributed by atoms with Gasteiger partial charge in [0.05, 0.1) is 4.90 Å². The van der Waals surface area contributed by atoms with Gasteiger partial charge in [0.1, 0.15) is 0 Å². The van der Waals surface area contributed by atoms with E-state index in [1.54, 1.807) is 12.1 Å². The van der Waals surface area contributed by atoms with Crippen LogP contribution in [0.5, 0.6) is 0 Å². The van der Waals surface area contributed by atoms with Gasteiger partial charge in [-0.1, -0.05) is 6.07 Å². The molecule has 0 saturated carbocycles. The highest BCUT2D eigenvalue weighted by atomic mass is 127. The Morgan fingerprint density at radius 3 is 2.36 bits per heavy atom. The summed E-state index contributed by atoms with van der Waals surface area (Å²) in [6.07, 6.45) is 0. The number of nitrogens with one attached hydrogen (secondary N) is 2. The minimum Gasteiger partial charge on any atom is -0.332 e. The van der Waals surface area contributed by atoms with Crippen molar-refractivity contribution in [2.45, 2.75) is 11.8 Å². The van der Waals surface area contributed by atoms with Crippen LogP contribution >= 0.6 is 34.8 Å². The highest BCUT2D eigenvalue weighted by molar-refractivity contribution is 14.1. The molecule has 0 aliphatic carbocycles. The van der Waals surface area contributed by atoms with Gasteiger partial charge in [-0.2, -0.15) is 0 Å². The van der Waals surface area contributed by atoms with Crippen molar-refractivity contribution in [1.29, 1.82) is 0 Å². The van der Waals surface area contributed by atoms with Crippen LogP contribution in [0.3, 0.4) is 0 Å². The van der Waals surface area contributed by atoms with Crippen LogP contribution in [0.1, 0.15) is 5.56 Å². The number of halogens is 1. The van der Waals surface area contributed by atoms with Crippen LogP contribution < -0.4 is 15.8 Å². The maximum atomic E-state index is 11.2. The van der Waals surface area contributed by atoms with Crippen molar-refractivity contribution in [2.75, 3.05) is 10.6 Å². The lowest BCUT2D eigenvalue weighted by Gasteiger charge is -2.13. The molecule has 2 aromatic rings. The van der Waals surface area contributed by atoms with Crippen molar-refractivity contribution in [2.24, 2.45) is 5.14 Å². The number of hydrogen-bond donors (Lipinski definition) is 3. The summed E-state index contributed by atoms with van der Waals surface area (Å²) in [6, 6.07) is 12.1. The third-order valence-corrected chi connectivity index (χ3v) is 4.69. The Hall–Kier alpha value is -1.23. The number of nitrogens with two attached hydrogens (primary N) is 1. The highest BCUT2D eigenvalue weighted by Crippen LogP contribution is 2.19. The van der Waals surface area contributed by atoms with E-state index in [4.69, 9.17) is 17.4 Å².